The molecule has 0 atom stereocenters. The molecule has 1 aromatic heterocycles. The number of carbonyl (C=O) groups is 1. The molecule has 0 fully saturated rings. The van der Waals surface area contributed by atoms with Crippen molar-refractivity contribution in [2.24, 2.45) is 5.92 Å². The highest BCUT2D eigenvalue weighted by atomic mass is 32.1. The Morgan fingerprint density at radius 2 is 2.22 bits per heavy atom. The Bertz CT molecular complexity index is 416. The summed E-state index contributed by atoms with van der Waals surface area (Å²) in [5.41, 5.74) is 0. The number of hydrogen-bond donors (Lipinski definition) is 2. The van der Waals surface area contributed by atoms with E-state index in [1.54, 1.807) is 0 Å². The number of carbonyl (C=O) groups excluding carboxylic acids is 1. The van der Waals surface area contributed by atoms with Crippen LogP contribution in [0.4, 0.5) is 5.95 Å². The number of nitrogens with zero attached hydrogens (tertiary/aromatic N) is 4. The Morgan fingerprint density at radius 3 is 2.83 bits per heavy atom. The first-order chi connectivity index (χ1) is 8.51. The van der Waals surface area contributed by atoms with E-state index in [9.17, 15) is 4.79 Å². The number of tetrazole rings is 1. The first kappa shape index (κ1) is 14.5. The summed E-state index contributed by atoms with van der Waals surface area (Å²) in [5.74, 6) is 0.602. The molecule has 100 valence electrons. The van der Waals surface area contributed by atoms with E-state index >= 15 is 0 Å². The highest BCUT2D eigenvalue weighted by Gasteiger charge is 2.08. The zero-order chi connectivity index (χ0) is 13.5. The molecule has 8 heteroatoms. The van der Waals surface area contributed by atoms with Crippen molar-refractivity contribution in [2.75, 3.05) is 5.32 Å². The SMILES string of the molecule is CCCC(=O)NC(=S)Nc1nnn(CC(C)C)n1. The summed E-state index contributed by atoms with van der Waals surface area (Å²) in [6.07, 6.45) is 1.21. The van der Waals surface area contributed by atoms with E-state index in [-0.39, 0.29) is 17.0 Å². The maximum absolute atomic E-state index is 11.3. The number of thiocarbonyl (C=S) groups is 1. The van der Waals surface area contributed by atoms with Gasteiger partial charge in [-0.1, -0.05) is 25.9 Å². The highest BCUT2D eigenvalue weighted by Crippen LogP contribution is 1.98. The maximum Gasteiger partial charge on any atom is 0.269 e. The van der Waals surface area contributed by atoms with Gasteiger partial charge in [-0.25, -0.2) is 0 Å². The third kappa shape index (κ3) is 5.17. The van der Waals surface area contributed by atoms with E-state index in [0.29, 0.717) is 18.9 Å². The van der Waals surface area contributed by atoms with Gasteiger partial charge in [0.2, 0.25) is 5.91 Å². The molecule has 0 aliphatic carbocycles. The second kappa shape index (κ2) is 7.00. The van der Waals surface area contributed by atoms with Gasteiger partial charge in [0.05, 0.1) is 6.54 Å². The van der Waals surface area contributed by atoms with Crippen LogP contribution in [0.15, 0.2) is 0 Å². The minimum Gasteiger partial charge on any atom is -0.303 e. The van der Waals surface area contributed by atoms with Crippen molar-refractivity contribution in [3.63, 3.8) is 0 Å². The number of hydrogen-bond acceptors (Lipinski definition) is 5. The molecule has 1 aromatic rings. The van der Waals surface area contributed by atoms with Gasteiger partial charge in [-0.05, 0) is 29.8 Å². The number of amides is 1. The van der Waals surface area contributed by atoms with E-state index in [4.69, 9.17) is 12.2 Å². The Labute approximate surface area is 111 Å². The van der Waals surface area contributed by atoms with Crippen LogP contribution in [0.25, 0.3) is 0 Å². The molecule has 1 rings (SSSR count). The van der Waals surface area contributed by atoms with Crippen LogP contribution in [-0.2, 0) is 11.3 Å². The Hall–Kier alpha value is -1.57. The van der Waals surface area contributed by atoms with Crippen LogP contribution in [0.3, 0.4) is 0 Å². The Balaban J connectivity index is 2.44. The molecule has 0 aliphatic heterocycles. The van der Waals surface area contributed by atoms with Gasteiger partial charge in [-0.3, -0.25) is 10.1 Å². The van der Waals surface area contributed by atoms with Crippen LogP contribution in [0.1, 0.15) is 33.6 Å². The highest BCUT2D eigenvalue weighted by molar-refractivity contribution is 7.80. The number of aromatic nitrogens is 4. The van der Waals surface area contributed by atoms with Gasteiger partial charge in [0.1, 0.15) is 0 Å². The molecule has 0 aliphatic rings. The van der Waals surface area contributed by atoms with Crippen molar-refractivity contribution in [1.82, 2.24) is 25.5 Å². The van der Waals surface area contributed by atoms with Gasteiger partial charge in [-0.15, -0.1) is 5.10 Å². The third-order valence-corrected chi connectivity index (χ3v) is 2.14. The van der Waals surface area contributed by atoms with Crippen molar-refractivity contribution in [1.29, 1.82) is 0 Å². The van der Waals surface area contributed by atoms with Crippen LogP contribution in [0.2, 0.25) is 0 Å². The molecular formula is C10H18N6OS. The van der Waals surface area contributed by atoms with Crippen molar-refractivity contribution < 1.29 is 4.79 Å². The summed E-state index contributed by atoms with van der Waals surface area (Å²) in [5, 5.41) is 17.2. The zero-order valence-corrected chi connectivity index (χ0v) is 11.6. The van der Waals surface area contributed by atoms with E-state index in [0.717, 1.165) is 6.42 Å². The zero-order valence-electron chi connectivity index (χ0n) is 10.8. The number of nitrogens with one attached hydrogen (secondary N) is 2. The molecule has 0 saturated carbocycles. The van der Waals surface area contributed by atoms with Crippen molar-refractivity contribution in [2.45, 2.75) is 40.2 Å². The van der Waals surface area contributed by atoms with Gasteiger partial charge < -0.3 is 5.32 Å². The van der Waals surface area contributed by atoms with Gasteiger partial charge in [-0.2, -0.15) is 4.80 Å². The third-order valence-electron chi connectivity index (χ3n) is 1.94. The summed E-state index contributed by atoms with van der Waals surface area (Å²) in [6.45, 7) is 6.73. The van der Waals surface area contributed by atoms with Crippen LogP contribution >= 0.6 is 12.2 Å². The molecule has 0 spiro atoms. The predicted molar refractivity (Wildman–Crippen MR) is 71.9 cm³/mol. The molecule has 0 radical (unpaired) electrons. The standard InChI is InChI=1S/C10H18N6OS/c1-4-5-8(17)11-10(18)12-9-13-15-16(14-9)6-7(2)3/h7H,4-6H2,1-3H3,(H2,11,12,14,17,18). The second-order valence-electron chi connectivity index (χ2n) is 4.31. The fourth-order valence-corrected chi connectivity index (χ4v) is 1.45. The van der Waals surface area contributed by atoms with E-state index in [2.05, 4.69) is 39.9 Å². The molecule has 0 saturated heterocycles. The van der Waals surface area contributed by atoms with Gasteiger partial charge in [0, 0.05) is 6.42 Å². The minimum absolute atomic E-state index is 0.121. The van der Waals surface area contributed by atoms with Gasteiger partial charge in [0.25, 0.3) is 5.95 Å². The van der Waals surface area contributed by atoms with Crippen LogP contribution in [0, 0.1) is 5.92 Å². The summed E-state index contributed by atoms with van der Waals surface area (Å²) >= 11 is 4.96. The largest absolute Gasteiger partial charge is 0.303 e. The monoisotopic (exact) mass is 270 g/mol. The number of rotatable bonds is 5. The lowest BCUT2D eigenvalue weighted by Crippen LogP contribution is -2.34. The Morgan fingerprint density at radius 1 is 1.50 bits per heavy atom. The molecular weight excluding hydrogens is 252 g/mol. The number of anilines is 1. The maximum atomic E-state index is 11.3. The van der Waals surface area contributed by atoms with Crippen molar-refractivity contribution >= 4 is 29.2 Å². The van der Waals surface area contributed by atoms with Gasteiger partial charge in [0.15, 0.2) is 5.11 Å². The molecule has 1 heterocycles. The Kier molecular flexibility index (Phi) is 5.63. The molecule has 1 amide bonds. The van der Waals surface area contributed by atoms with E-state index in [1.165, 1.54) is 4.80 Å². The lowest BCUT2D eigenvalue weighted by molar-refractivity contribution is -0.119. The summed E-state index contributed by atoms with van der Waals surface area (Å²) in [7, 11) is 0. The van der Waals surface area contributed by atoms with E-state index in [1.807, 2.05) is 6.92 Å². The average Bonchev–Trinajstić information content (AvgIpc) is 2.64. The molecule has 0 aromatic carbocycles. The molecule has 2 N–H and O–H groups in total. The van der Waals surface area contributed by atoms with E-state index < -0.39 is 0 Å². The lowest BCUT2D eigenvalue weighted by atomic mass is 10.2. The first-order valence-electron chi connectivity index (χ1n) is 5.90. The molecule has 0 bridgehead atoms. The fourth-order valence-electron chi connectivity index (χ4n) is 1.25. The summed E-state index contributed by atoms with van der Waals surface area (Å²) < 4.78 is 0. The molecule has 0 unspecified atom stereocenters. The first-order valence-corrected chi connectivity index (χ1v) is 6.30. The van der Waals surface area contributed by atoms with Gasteiger partial charge >= 0.3 is 0 Å². The van der Waals surface area contributed by atoms with Crippen molar-refractivity contribution in [3.05, 3.63) is 0 Å². The molecule has 18 heavy (non-hydrogen) atoms. The fraction of sp³-hybridized carbons (Fsp3) is 0.700. The van der Waals surface area contributed by atoms with Crippen LogP contribution in [0.5, 0.6) is 0 Å². The minimum atomic E-state index is -0.121. The summed E-state index contributed by atoms with van der Waals surface area (Å²) in [4.78, 5) is 12.8. The van der Waals surface area contributed by atoms with Crippen molar-refractivity contribution in [3.8, 4) is 0 Å². The normalized spacial score (nSPS) is 10.4. The average molecular weight is 270 g/mol. The van der Waals surface area contributed by atoms with Crippen LogP contribution in [-0.4, -0.2) is 31.2 Å². The lowest BCUT2D eigenvalue weighted by Gasteiger charge is -2.05. The van der Waals surface area contributed by atoms with Crippen LogP contribution < -0.4 is 10.6 Å². The smallest absolute Gasteiger partial charge is 0.269 e. The molecule has 7 nitrogen and oxygen atoms in total. The predicted octanol–water partition coefficient (Wildman–Crippen LogP) is 0.942. The summed E-state index contributed by atoms with van der Waals surface area (Å²) in [6, 6.07) is 0. The quantitative estimate of drug-likeness (QED) is 0.775. The topological polar surface area (TPSA) is 84.7 Å². The second-order valence-corrected chi connectivity index (χ2v) is 4.72.